The number of hydrogen-bond acceptors (Lipinski definition) is 12. The van der Waals surface area contributed by atoms with Crippen molar-refractivity contribution in [3.63, 3.8) is 0 Å². The van der Waals surface area contributed by atoms with Gasteiger partial charge in [-0.15, -0.1) is 0 Å². The maximum absolute atomic E-state index is 12.6. The van der Waals surface area contributed by atoms with Crippen LogP contribution in [0.4, 0.5) is 0 Å². The van der Waals surface area contributed by atoms with Crippen molar-refractivity contribution in [1.29, 1.82) is 0 Å². The molecule has 13 nitrogen and oxygen atoms in total. The van der Waals surface area contributed by atoms with Gasteiger partial charge in [-0.25, -0.2) is 4.57 Å². The average Bonchev–Trinajstić information content (AvgIpc) is 2.99. The molecule has 6 unspecified atom stereocenters. The first kappa shape index (κ1) is 40.9. The van der Waals surface area contributed by atoms with E-state index in [1.54, 1.807) is 0 Å². The molecule has 0 spiro atoms. The predicted molar refractivity (Wildman–Crippen MR) is 161 cm³/mol. The third-order valence-electron chi connectivity index (χ3n) is 7.70. The molecule has 1 fully saturated rings. The number of ether oxygens (including phenoxy) is 2. The number of esters is 2. The highest BCUT2D eigenvalue weighted by molar-refractivity contribution is 7.47. The van der Waals surface area contributed by atoms with Gasteiger partial charge in [-0.05, 0) is 12.8 Å². The minimum Gasteiger partial charge on any atom is -0.462 e. The van der Waals surface area contributed by atoms with Crippen LogP contribution in [0.15, 0.2) is 0 Å². The van der Waals surface area contributed by atoms with Crippen LogP contribution in [0, 0.1) is 0 Å². The van der Waals surface area contributed by atoms with Crippen molar-refractivity contribution < 1.29 is 63.1 Å². The molecule has 0 heterocycles. The molecule has 14 heteroatoms. The minimum absolute atomic E-state index is 0.0995. The maximum atomic E-state index is 12.6. The van der Waals surface area contributed by atoms with E-state index >= 15 is 0 Å². The summed E-state index contributed by atoms with van der Waals surface area (Å²) in [6.07, 6.45) is 2.50. The van der Waals surface area contributed by atoms with Crippen LogP contribution in [0.25, 0.3) is 0 Å². The first-order valence-corrected chi connectivity index (χ1v) is 17.8. The molecule has 0 amide bonds. The van der Waals surface area contributed by atoms with E-state index in [9.17, 15) is 44.6 Å². The molecule has 8 atom stereocenters. The van der Waals surface area contributed by atoms with Gasteiger partial charge in [-0.3, -0.25) is 18.6 Å². The molecule has 0 saturated heterocycles. The highest BCUT2D eigenvalue weighted by atomic mass is 31.2. The topological polar surface area (TPSA) is 210 Å². The molecular formula is C30H57O13P. The van der Waals surface area contributed by atoms with Gasteiger partial charge in [-0.2, -0.15) is 0 Å². The number of rotatable bonds is 25. The summed E-state index contributed by atoms with van der Waals surface area (Å²) in [4.78, 5) is 35.0. The first-order valence-electron chi connectivity index (χ1n) is 16.3. The number of aliphatic hydroxyl groups excluding tert-OH is 5. The average molecular weight is 657 g/mol. The van der Waals surface area contributed by atoms with E-state index < -0.39 is 75.7 Å². The summed E-state index contributed by atoms with van der Waals surface area (Å²) >= 11 is 0. The van der Waals surface area contributed by atoms with Gasteiger partial charge in [0.05, 0.1) is 6.61 Å². The lowest BCUT2D eigenvalue weighted by Crippen LogP contribution is -2.64. The van der Waals surface area contributed by atoms with E-state index in [0.29, 0.717) is 12.8 Å². The van der Waals surface area contributed by atoms with Crippen LogP contribution in [0.5, 0.6) is 0 Å². The summed E-state index contributed by atoms with van der Waals surface area (Å²) < 4.78 is 33.0. The van der Waals surface area contributed by atoms with Gasteiger partial charge in [0.2, 0.25) is 0 Å². The Morgan fingerprint density at radius 2 is 1.02 bits per heavy atom. The fraction of sp³-hybridized carbons (Fsp3) is 0.933. The van der Waals surface area contributed by atoms with Crippen LogP contribution in [0.1, 0.15) is 123 Å². The molecule has 260 valence electrons. The van der Waals surface area contributed by atoms with E-state index in [0.717, 1.165) is 51.4 Å². The van der Waals surface area contributed by atoms with Crippen molar-refractivity contribution in [2.75, 3.05) is 13.2 Å². The Hall–Kier alpha value is -1.15. The van der Waals surface area contributed by atoms with Crippen molar-refractivity contribution in [3.8, 4) is 0 Å². The van der Waals surface area contributed by atoms with Gasteiger partial charge in [0.25, 0.3) is 0 Å². The Morgan fingerprint density at radius 3 is 1.50 bits per heavy atom. The summed E-state index contributed by atoms with van der Waals surface area (Å²) in [5.74, 6) is -1.11. The SMILES string of the molecule is CCCCCCCCCCC(=O)OC[C@H](COP(=O)(O)OC1C(O)C(O)C(O)[C@@H](O)C1O)OC(=O)CCCCCCCCC. The van der Waals surface area contributed by atoms with Crippen molar-refractivity contribution in [3.05, 3.63) is 0 Å². The lowest BCUT2D eigenvalue weighted by Gasteiger charge is -2.41. The Labute approximate surface area is 261 Å². The van der Waals surface area contributed by atoms with Gasteiger partial charge in [0.15, 0.2) is 6.10 Å². The summed E-state index contributed by atoms with van der Waals surface area (Å²) in [7, 11) is -5.08. The molecular weight excluding hydrogens is 599 g/mol. The second-order valence-corrected chi connectivity index (χ2v) is 13.1. The number of phosphoric ester groups is 1. The Kier molecular flexibility index (Phi) is 21.6. The van der Waals surface area contributed by atoms with Crippen LogP contribution in [-0.2, 0) is 32.7 Å². The van der Waals surface area contributed by atoms with Gasteiger partial charge in [-0.1, -0.05) is 97.3 Å². The van der Waals surface area contributed by atoms with E-state index in [2.05, 4.69) is 13.8 Å². The first-order chi connectivity index (χ1) is 20.9. The maximum Gasteiger partial charge on any atom is 0.472 e. The van der Waals surface area contributed by atoms with E-state index in [-0.39, 0.29) is 12.8 Å². The van der Waals surface area contributed by atoms with Crippen LogP contribution in [0.2, 0.25) is 0 Å². The third-order valence-corrected chi connectivity index (χ3v) is 8.68. The highest BCUT2D eigenvalue weighted by Crippen LogP contribution is 2.47. The standard InChI is InChI=1S/C30H57O13P/c1-3-5-7-9-11-13-14-16-18-23(31)40-20-22(42-24(32)19-17-15-12-10-8-6-4-2)21-41-44(38,39)43-30-28(36)26(34)25(33)27(35)29(30)37/h22,25-30,33-37H,3-21H2,1-2H3,(H,38,39)/t22-,25?,26-,27?,28?,29?,30?/m1/s1. The van der Waals surface area contributed by atoms with Crippen molar-refractivity contribution in [1.82, 2.24) is 0 Å². The molecule has 0 aromatic heterocycles. The number of carbonyl (C=O) groups is 2. The van der Waals surface area contributed by atoms with E-state index in [1.807, 2.05) is 0 Å². The van der Waals surface area contributed by atoms with Crippen LogP contribution < -0.4 is 0 Å². The second-order valence-electron chi connectivity index (χ2n) is 11.7. The second kappa shape index (κ2) is 23.2. The molecule has 1 aliphatic rings. The Morgan fingerprint density at radius 1 is 0.614 bits per heavy atom. The number of phosphoric acid groups is 1. The molecule has 1 rings (SSSR count). The van der Waals surface area contributed by atoms with Crippen molar-refractivity contribution in [2.45, 2.75) is 166 Å². The molecule has 0 aliphatic heterocycles. The summed E-state index contributed by atoms with van der Waals surface area (Å²) in [6.45, 7) is 3.13. The summed E-state index contributed by atoms with van der Waals surface area (Å²) in [5.41, 5.74) is 0. The largest absolute Gasteiger partial charge is 0.472 e. The number of aliphatic hydroxyl groups is 5. The molecule has 1 saturated carbocycles. The van der Waals surface area contributed by atoms with Gasteiger partial charge in [0.1, 0.15) is 43.2 Å². The summed E-state index contributed by atoms with van der Waals surface area (Å²) in [6, 6.07) is 0. The zero-order valence-electron chi connectivity index (χ0n) is 26.5. The smallest absolute Gasteiger partial charge is 0.462 e. The monoisotopic (exact) mass is 656 g/mol. The lowest BCUT2D eigenvalue weighted by molar-refractivity contribution is -0.220. The van der Waals surface area contributed by atoms with Crippen LogP contribution in [-0.4, -0.2) is 98.3 Å². The normalized spacial score (nSPS) is 25.7. The number of carbonyl (C=O) groups excluding carboxylic acids is 2. The molecule has 0 radical (unpaired) electrons. The summed E-state index contributed by atoms with van der Waals surface area (Å²) in [5, 5.41) is 49.6. The Bertz CT molecular complexity index is 813. The number of unbranched alkanes of at least 4 members (excludes halogenated alkanes) is 13. The third kappa shape index (κ3) is 17.0. The van der Waals surface area contributed by atoms with Crippen LogP contribution in [0.3, 0.4) is 0 Å². The van der Waals surface area contributed by atoms with Crippen LogP contribution >= 0.6 is 7.82 Å². The van der Waals surface area contributed by atoms with Crippen molar-refractivity contribution in [2.24, 2.45) is 0 Å². The van der Waals surface area contributed by atoms with Gasteiger partial charge < -0.3 is 39.9 Å². The zero-order valence-corrected chi connectivity index (χ0v) is 27.4. The molecule has 0 bridgehead atoms. The molecule has 0 aromatic rings. The molecule has 6 N–H and O–H groups in total. The lowest BCUT2D eigenvalue weighted by atomic mass is 9.85. The highest BCUT2D eigenvalue weighted by Gasteiger charge is 2.51. The molecule has 44 heavy (non-hydrogen) atoms. The minimum atomic E-state index is -5.08. The van der Waals surface area contributed by atoms with Gasteiger partial charge in [0, 0.05) is 12.8 Å². The van der Waals surface area contributed by atoms with E-state index in [4.69, 9.17) is 18.5 Å². The van der Waals surface area contributed by atoms with Crippen molar-refractivity contribution >= 4 is 19.8 Å². The Balaban J connectivity index is 2.63. The van der Waals surface area contributed by atoms with Gasteiger partial charge >= 0.3 is 19.8 Å². The quantitative estimate of drug-likeness (QED) is 0.0473. The predicted octanol–water partition coefficient (Wildman–Crippen LogP) is 3.43. The molecule has 0 aromatic carbocycles. The van der Waals surface area contributed by atoms with E-state index in [1.165, 1.54) is 32.1 Å². The zero-order chi connectivity index (χ0) is 33.0. The fourth-order valence-corrected chi connectivity index (χ4v) is 5.90. The molecule has 1 aliphatic carbocycles. The fourth-order valence-electron chi connectivity index (χ4n) is 4.93. The number of hydrogen-bond donors (Lipinski definition) is 6.